The molecule has 0 radical (unpaired) electrons. The first-order valence-electron chi connectivity index (χ1n) is 8.63. The zero-order valence-electron chi connectivity index (χ0n) is 16.0. The lowest BCUT2D eigenvalue weighted by Crippen LogP contribution is -2.47. The number of nitrogens with zero attached hydrogens (tertiary/aromatic N) is 1. The van der Waals surface area contributed by atoms with Gasteiger partial charge in [0, 0.05) is 6.42 Å². The summed E-state index contributed by atoms with van der Waals surface area (Å²) in [6.07, 6.45) is 0.591. The van der Waals surface area contributed by atoms with Gasteiger partial charge in [0.25, 0.3) is 0 Å². The van der Waals surface area contributed by atoms with E-state index in [0.717, 1.165) is 10.5 Å². The molecule has 0 N–H and O–H groups in total. The predicted octanol–water partition coefficient (Wildman–Crippen LogP) is 3.47. The normalized spacial score (nSPS) is 20.3. The number of allylic oxidation sites excluding steroid dienone is 2. The van der Waals surface area contributed by atoms with Crippen LogP contribution in [0.5, 0.6) is 0 Å². The van der Waals surface area contributed by atoms with E-state index in [0.29, 0.717) is 5.57 Å². The minimum Gasteiger partial charge on any atom is -0.457 e. The molecule has 0 aromatic carbocycles. The first kappa shape index (κ1) is 20.9. The molecule has 0 spiro atoms. The first-order valence-corrected chi connectivity index (χ1v) is 8.63. The van der Waals surface area contributed by atoms with Gasteiger partial charge in [-0.25, -0.2) is 9.69 Å². The fourth-order valence-corrected chi connectivity index (χ4v) is 2.81. The van der Waals surface area contributed by atoms with Gasteiger partial charge in [0.2, 0.25) is 5.91 Å². The minimum absolute atomic E-state index is 0.0753. The molecule has 25 heavy (non-hydrogen) atoms. The zero-order chi connectivity index (χ0) is 19.3. The van der Waals surface area contributed by atoms with Gasteiger partial charge in [-0.05, 0) is 32.3 Å². The average Bonchev–Trinajstić information content (AvgIpc) is 2.91. The quantitative estimate of drug-likeness (QED) is 0.519. The van der Waals surface area contributed by atoms with Gasteiger partial charge in [-0.3, -0.25) is 9.59 Å². The molecule has 0 aromatic rings. The number of hydrogen-bond acceptors (Lipinski definition) is 5. The lowest BCUT2D eigenvalue weighted by atomic mass is 9.94. The Morgan fingerprint density at radius 2 is 1.96 bits per heavy atom. The number of hydrogen-bond donors (Lipinski definition) is 0. The van der Waals surface area contributed by atoms with Crippen LogP contribution in [0.4, 0.5) is 4.79 Å². The maximum atomic E-state index is 13.0. The molecule has 2 amide bonds. The molecule has 1 saturated heterocycles. The van der Waals surface area contributed by atoms with Crippen LogP contribution in [0.15, 0.2) is 23.8 Å². The molecule has 140 valence electrons. The Hall–Kier alpha value is -2.11. The molecule has 1 aliphatic heterocycles. The summed E-state index contributed by atoms with van der Waals surface area (Å²) in [7, 11) is 0. The third-order valence-corrected chi connectivity index (χ3v) is 4.23. The number of imide groups is 1. The molecule has 6 nitrogen and oxygen atoms in total. The van der Waals surface area contributed by atoms with Gasteiger partial charge in [-0.15, -0.1) is 0 Å². The molecule has 6 heteroatoms. The molecule has 0 aliphatic carbocycles. The Labute approximate surface area is 149 Å². The van der Waals surface area contributed by atoms with Gasteiger partial charge in [0.05, 0.1) is 12.0 Å². The van der Waals surface area contributed by atoms with Gasteiger partial charge in [-0.1, -0.05) is 39.0 Å². The van der Waals surface area contributed by atoms with Crippen LogP contribution >= 0.6 is 0 Å². The van der Waals surface area contributed by atoms with E-state index in [9.17, 15) is 14.4 Å². The number of ether oxygens (including phenoxy) is 2. The van der Waals surface area contributed by atoms with Crippen molar-refractivity contribution in [2.24, 2.45) is 11.8 Å². The van der Waals surface area contributed by atoms with Crippen molar-refractivity contribution < 1.29 is 23.9 Å². The average molecular weight is 351 g/mol. The van der Waals surface area contributed by atoms with E-state index in [1.807, 2.05) is 20.8 Å². The summed E-state index contributed by atoms with van der Waals surface area (Å²) in [5.74, 6) is -1.43. The molecule has 1 fully saturated rings. The summed E-state index contributed by atoms with van der Waals surface area (Å²) >= 11 is 0. The molecule has 0 bridgehead atoms. The second-order valence-electron chi connectivity index (χ2n) is 6.88. The molecular formula is C19H29NO5. The standard InChI is InChI=1S/C19H29NO5/c1-8-16(21)25-17(13(6)9-11(2)3)14(7)18(22)20-15(12(4)5)10-24-19(20)23/h9,12,14-15,17H,2,8,10H2,1,3-7H3/b13-9+/t14-,15-,17-/m1/s1. The minimum atomic E-state index is -0.752. The molecular weight excluding hydrogens is 322 g/mol. The van der Waals surface area contributed by atoms with Crippen molar-refractivity contribution >= 4 is 18.0 Å². The maximum absolute atomic E-state index is 13.0. The summed E-state index contributed by atoms with van der Waals surface area (Å²) in [4.78, 5) is 38.0. The first-order chi connectivity index (χ1) is 11.6. The molecule has 0 saturated carbocycles. The number of amides is 2. The van der Waals surface area contributed by atoms with Crippen LogP contribution in [0.3, 0.4) is 0 Å². The van der Waals surface area contributed by atoms with Crippen molar-refractivity contribution in [2.75, 3.05) is 6.61 Å². The van der Waals surface area contributed by atoms with Crippen molar-refractivity contribution in [1.29, 1.82) is 0 Å². The third kappa shape index (κ3) is 5.18. The Kier molecular flexibility index (Phi) is 7.39. The van der Waals surface area contributed by atoms with Crippen LogP contribution < -0.4 is 0 Å². The van der Waals surface area contributed by atoms with Gasteiger partial charge in [-0.2, -0.15) is 0 Å². The number of esters is 1. The van der Waals surface area contributed by atoms with E-state index in [1.54, 1.807) is 26.8 Å². The van der Waals surface area contributed by atoms with Crippen molar-refractivity contribution in [3.05, 3.63) is 23.8 Å². The van der Waals surface area contributed by atoms with Gasteiger partial charge < -0.3 is 9.47 Å². The van der Waals surface area contributed by atoms with Crippen LogP contribution in [0.25, 0.3) is 0 Å². The van der Waals surface area contributed by atoms with E-state index in [4.69, 9.17) is 9.47 Å². The highest BCUT2D eigenvalue weighted by Crippen LogP contribution is 2.26. The number of cyclic esters (lactones) is 1. The topological polar surface area (TPSA) is 72.9 Å². The Bertz CT molecular complexity index is 578. The van der Waals surface area contributed by atoms with Crippen molar-refractivity contribution in [1.82, 2.24) is 4.90 Å². The molecule has 1 heterocycles. The SMILES string of the molecule is C=C(C)/C=C(\C)[C@@H](OC(=O)CC)[C@@H](C)C(=O)N1C(=O)OC[C@@H]1C(C)C. The maximum Gasteiger partial charge on any atom is 0.416 e. The Morgan fingerprint density at radius 1 is 1.36 bits per heavy atom. The van der Waals surface area contributed by atoms with E-state index >= 15 is 0 Å². The zero-order valence-corrected chi connectivity index (χ0v) is 16.0. The van der Waals surface area contributed by atoms with Gasteiger partial charge in [0.15, 0.2) is 0 Å². The summed E-state index contributed by atoms with van der Waals surface area (Å²) in [5, 5.41) is 0. The van der Waals surface area contributed by atoms with E-state index in [2.05, 4.69) is 6.58 Å². The largest absolute Gasteiger partial charge is 0.457 e. The highest BCUT2D eigenvalue weighted by atomic mass is 16.6. The fraction of sp³-hybridized carbons (Fsp3) is 0.632. The predicted molar refractivity (Wildman–Crippen MR) is 94.7 cm³/mol. The van der Waals surface area contributed by atoms with E-state index in [-0.39, 0.29) is 25.0 Å². The van der Waals surface area contributed by atoms with Crippen molar-refractivity contribution in [3.63, 3.8) is 0 Å². The molecule has 1 aliphatic rings. The Balaban J connectivity index is 3.12. The van der Waals surface area contributed by atoms with Crippen LogP contribution in [0, 0.1) is 11.8 Å². The highest BCUT2D eigenvalue weighted by Gasteiger charge is 2.43. The molecule has 0 aromatic heterocycles. The van der Waals surface area contributed by atoms with Crippen LogP contribution in [0.1, 0.15) is 48.0 Å². The second kappa shape index (κ2) is 8.83. The van der Waals surface area contributed by atoms with Crippen molar-refractivity contribution in [3.8, 4) is 0 Å². The molecule has 3 atom stereocenters. The van der Waals surface area contributed by atoms with Gasteiger partial charge in [0.1, 0.15) is 12.7 Å². The fourth-order valence-electron chi connectivity index (χ4n) is 2.81. The summed E-state index contributed by atoms with van der Waals surface area (Å²) in [6.45, 7) is 14.8. The number of carbonyl (C=O) groups is 3. The lowest BCUT2D eigenvalue weighted by Gasteiger charge is -2.29. The van der Waals surface area contributed by atoms with Crippen LogP contribution in [-0.2, 0) is 19.1 Å². The van der Waals surface area contributed by atoms with E-state index < -0.39 is 30.0 Å². The highest BCUT2D eigenvalue weighted by molar-refractivity contribution is 5.95. The Morgan fingerprint density at radius 3 is 2.44 bits per heavy atom. The third-order valence-electron chi connectivity index (χ3n) is 4.23. The summed E-state index contributed by atoms with van der Waals surface area (Å²) < 4.78 is 10.5. The van der Waals surface area contributed by atoms with Crippen LogP contribution in [0.2, 0.25) is 0 Å². The number of carbonyl (C=O) groups excluding carboxylic acids is 3. The summed E-state index contributed by atoms with van der Waals surface area (Å²) in [6, 6.07) is -0.310. The van der Waals surface area contributed by atoms with Gasteiger partial charge >= 0.3 is 12.1 Å². The second-order valence-corrected chi connectivity index (χ2v) is 6.88. The molecule has 1 rings (SSSR count). The molecule has 0 unspecified atom stereocenters. The van der Waals surface area contributed by atoms with Crippen LogP contribution in [-0.4, -0.2) is 41.6 Å². The lowest BCUT2D eigenvalue weighted by molar-refractivity contribution is -0.152. The van der Waals surface area contributed by atoms with Crippen molar-refractivity contribution in [2.45, 2.75) is 60.1 Å². The number of rotatable bonds is 7. The summed E-state index contributed by atoms with van der Waals surface area (Å²) in [5.41, 5.74) is 1.50. The van der Waals surface area contributed by atoms with E-state index in [1.165, 1.54) is 0 Å². The smallest absolute Gasteiger partial charge is 0.416 e. The monoisotopic (exact) mass is 351 g/mol.